The van der Waals surface area contributed by atoms with Crippen LogP contribution in [-0.4, -0.2) is 45.3 Å². The van der Waals surface area contributed by atoms with Gasteiger partial charge in [0.1, 0.15) is 24.6 Å². The van der Waals surface area contributed by atoms with Crippen molar-refractivity contribution in [1.29, 1.82) is 0 Å². The predicted molar refractivity (Wildman–Crippen MR) is 171 cm³/mol. The molecular formula is C37H38N2O6. The average molecular weight is 607 g/mol. The topological polar surface area (TPSA) is 125 Å². The van der Waals surface area contributed by atoms with Gasteiger partial charge in [-0.3, -0.25) is 0 Å². The summed E-state index contributed by atoms with van der Waals surface area (Å²) in [5.41, 5.74) is 7.68. The third-order valence-electron chi connectivity index (χ3n) is 8.10. The summed E-state index contributed by atoms with van der Waals surface area (Å²) < 4.78 is 11.4. The number of hydrogen-bond acceptors (Lipinski definition) is 6. The van der Waals surface area contributed by atoms with Crippen molar-refractivity contribution in [3.05, 3.63) is 153 Å². The number of carbonyl (C=O) groups is 2. The van der Waals surface area contributed by atoms with E-state index in [1.165, 1.54) is 0 Å². The fraction of sp³-hybridized carbons (Fsp3) is 0.243. The van der Waals surface area contributed by atoms with Gasteiger partial charge in [0, 0.05) is 24.6 Å². The minimum atomic E-state index is -0.516. The molecule has 5 aromatic rings. The maximum Gasteiger partial charge on any atom is 0.355 e. The molecule has 8 nitrogen and oxygen atoms in total. The van der Waals surface area contributed by atoms with Crippen LogP contribution < -0.4 is 0 Å². The molecule has 2 aromatic heterocycles. The number of nitrogens with one attached hydrogen (secondary N) is 2. The first-order chi connectivity index (χ1) is 21.9. The number of esters is 2. The van der Waals surface area contributed by atoms with Gasteiger partial charge in [0.2, 0.25) is 0 Å². The van der Waals surface area contributed by atoms with E-state index in [1.807, 2.05) is 105 Å². The molecule has 0 aliphatic heterocycles. The van der Waals surface area contributed by atoms with Gasteiger partial charge >= 0.3 is 11.9 Å². The number of ether oxygens (including phenoxy) is 2. The fourth-order valence-corrected chi connectivity index (χ4v) is 5.80. The molecule has 3 aromatic carbocycles. The number of H-pyrrole nitrogens is 2. The first kappa shape index (κ1) is 31.5. The van der Waals surface area contributed by atoms with Crippen LogP contribution in [0.2, 0.25) is 0 Å². The molecule has 45 heavy (non-hydrogen) atoms. The Balaban J connectivity index is 1.56. The molecule has 0 saturated carbocycles. The third-order valence-corrected chi connectivity index (χ3v) is 8.10. The van der Waals surface area contributed by atoms with E-state index in [9.17, 15) is 19.8 Å². The minimum Gasteiger partial charge on any atom is -0.456 e. The van der Waals surface area contributed by atoms with Gasteiger partial charge < -0.3 is 29.7 Å². The van der Waals surface area contributed by atoms with Crippen LogP contribution in [0.3, 0.4) is 0 Å². The zero-order chi connectivity index (χ0) is 31.8. The molecule has 0 atom stereocenters. The Morgan fingerprint density at radius 2 is 1.00 bits per heavy atom. The summed E-state index contributed by atoms with van der Waals surface area (Å²) in [5.74, 6) is -1.47. The molecule has 5 rings (SSSR count). The molecule has 0 fully saturated rings. The zero-order valence-corrected chi connectivity index (χ0v) is 25.5. The number of hydrogen-bond donors (Lipinski definition) is 4. The van der Waals surface area contributed by atoms with E-state index in [0.717, 1.165) is 39.2 Å². The zero-order valence-electron chi connectivity index (χ0n) is 25.5. The summed E-state index contributed by atoms with van der Waals surface area (Å²) in [7, 11) is 0. The van der Waals surface area contributed by atoms with Crippen molar-refractivity contribution >= 4 is 11.9 Å². The highest BCUT2D eigenvalue weighted by Crippen LogP contribution is 2.38. The lowest BCUT2D eigenvalue weighted by atomic mass is 9.87. The van der Waals surface area contributed by atoms with Gasteiger partial charge in [-0.15, -0.1) is 0 Å². The highest BCUT2D eigenvalue weighted by atomic mass is 16.5. The number of rotatable bonds is 13. The third kappa shape index (κ3) is 7.09. The van der Waals surface area contributed by atoms with E-state index in [-0.39, 0.29) is 50.7 Å². The second-order valence-electron chi connectivity index (χ2n) is 10.9. The van der Waals surface area contributed by atoms with Crippen LogP contribution in [0.25, 0.3) is 0 Å². The molecule has 0 spiro atoms. The van der Waals surface area contributed by atoms with Crippen LogP contribution in [0.15, 0.2) is 91.0 Å². The number of carbonyl (C=O) groups excluding carboxylic acids is 2. The van der Waals surface area contributed by atoms with E-state index in [1.54, 1.807) is 0 Å². The average Bonchev–Trinajstić information content (AvgIpc) is 3.57. The van der Waals surface area contributed by atoms with Gasteiger partial charge in [-0.1, -0.05) is 91.0 Å². The first-order valence-corrected chi connectivity index (χ1v) is 15.0. The molecule has 0 bridgehead atoms. The Kier molecular flexibility index (Phi) is 10.3. The van der Waals surface area contributed by atoms with Crippen LogP contribution in [0.4, 0.5) is 0 Å². The molecule has 8 heteroatoms. The van der Waals surface area contributed by atoms with Gasteiger partial charge in [-0.2, -0.15) is 0 Å². The Hall–Kier alpha value is -4.92. The minimum absolute atomic E-state index is 0.114. The lowest BCUT2D eigenvalue weighted by Gasteiger charge is -2.19. The Labute approximate surface area is 262 Å². The van der Waals surface area contributed by atoms with Crippen molar-refractivity contribution in [2.24, 2.45) is 0 Å². The summed E-state index contributed by atoms with van der Waals surface area (Å²) in [4.78, 5) is 33.6. The Morgan fingerprint density at radius 1 is 0.622 bits per heavy atom. The van der Waals surface area contributed by atoms with Gasteiger partial charge in [0.25, 0.3) is 0 Å². The molecule has 2 heterocycles. The molecule has 232 valence electrons. The lowest BCUT2D eigenvalue weighted by molar-refractivity contribution is 0.0456. The SMILES string of the molecule is Cc1c(C(c2ccccc2)c2[nH]c(C(=O)OCc3ccccc3)c(CCO)c2C)[nH]c(C(=O)OCc2ccccc2)c1CCO. The lowest BCUT2D eigenvalue weighted by Crippen LogP contribution is -2.11. The Bertz CT molecular complexity index is 1620. The summed E-state index contributed by atoms with van der Waals surface area (Å²) >= 11 is 0. The normalized spacial score (nSPS) is 11.1. The van der Waals surface area contributed by atoms with Gasteiger partial charge in [-0.25, -0.2) is 9.59 Å². The standard InChI is InChI=1S/C37H38N2O6/c1-24-29(18-20-40)34(36(42)44-22-26-12-6-3-7-13-26)38-32(24)31(28-16-10-5-11-17-28)33-25(2)30(19-21-41)35(39-33)37(43)45-23-27-14-8-4-9-15-27/h3-17,31,38-41H,18-23H2,1-2H3. The van der Waals surface area contributed by atoms with Crippen molar-refractivity contribution in [3.63, 3.8) is 0 Å². The molecule has 0 saturated heterocycles. The molecule has 4 N–H and O–H groups in total. The van der Waals surface area contributed by atoms with Gasteiger partial charge in [0.15, 0.2) is 0 Å². The summed E-state index contributed by atoms with van der Waals surface area (Å²) in [6.07, 6.45) is 0.520. The van der Waals surface area contributed by atoms with Gasteiger partial charge in [0.05, 0.1) is 5.92 Å². The molecule has 0 radical (unpaired) electrons. The quantitative estimate of drug-likeness (QED) is 0.123. The second-order valence-corrected chi connectivity index (χ2v) is 10.9. The van der Waals surface area contributed by atoms with E-state index in [2.05, 4.69) is 9.97 Å². The van der Waals surface area contributed by atoms with Crippen LogP contribution >= 0.6 is 0 Å². The maximum atomic E-state index is 13.4. The Morgan fingerprint density at radius 3 is 1.38 bits per heavy atom. The van der Waals surface area contributed by atoms with Gasteiger partial charge in [-0.05, 0) is 65.6 Å². The van der Waals surface area contributed by atoms with E-state index in [4.69, 9.17) is 9.47 Å². The van der Waals surface area contributed by atoms with Crippen molar-refractivity contribution in [1.82, 2.24) is 9.97 Å². The van der Waals surface area contributed by atoms with E-state index in [0.29, 0.717) is 11.1 Å². The summed E-state index contributed by atoms with van der Waals surface area (Å²) in [5, 5.41) is 19.9. The largest absolute Gasteiger partial charge is 0.456 e. The number of aliphatic hydroxyl groups excluding tert-OH is 2. The molecular weight excluding hydrogens is 568 g/mol. The number of aliphatic hydroxyl groups is 2. The molecule has 0 aliphatic rings. The van der Waals surface area contributed by atoms with Crippen LogP contribution in [-0.2, 0) is 35.5 Å². The predicted octanol–water partition coefficient (Wildman–Crippen LogP) is 5.92. The van der Waals surface area contributed by atoms with E-state index >= 15 is 0 Å². The molecule has 0 unspecified atom stereocenters. The van der Waals surface area contributed by atoms with Crippen molar-refractivity contribution in [2.75, 3.05) is 13.2 Å². The van der Waals surface area contributed by atoms with Crippen molar-refractivity contribution in [3.8, 4) is 0 Å². The highest BCUT2D eigenvalue weighted by molar-refractivity contribution is 5.91. The van der Waals surface area contributed by atoms with Crippen LogP contribution in [0.5, 0.6) is 0 Å². The maximum absolute atomic E-state index is 13.4. The fourth-order valence-electron chi connectivity index (χ4n) is 5.80. The molecule has 0 aliphatic carbocycles. The van der Waals surface area contributed by atoms with Crippen LogP contribution in [0.1, 0.15) is 77.2 Å². The van der Waals surface area contributed by atoms with Crippen molar-refractivity contribution in [2.45, 2.75) is 45.8 Å². The summed E-state index contributed by atoms with van der Waals surface area (Å²) in [6, 6.07) is 28.7. The number of aromatic amines is 2. The summed E-state index contributed by atoms with van der Waals surface area (Å²) in [6.45, 7) is 3.77. The molecule has 0 amide bonds. The smallest absolute Gasteiger partial charge is 0.355 e. The number of aromatic nitrogens is 2. The van der Waals surface area contributed by atoms with Crippen molar-refractivity contribution < 1.29 is 29.3 Å². The second kappa shape index (κ2) is 14.7. The van der Waals surface area contributed by atoms with E-state index < -0.39 is 17.9 Å². The number of benzene rings is 3. The monoisotopic (exact) mass is 606 g/mol. The van der Waals surface area contributed by atoms with Crippen LogP contribution in [0, 0.1) is 13.8 Å². The first-order valence-electron chi connectivity index (χ1n) is 15.0. The highest BCUT2D eigenvalue weighted by Gasteiger charge is 2.31.